The molecule has 0 spiro atoms. The lowest BCUT2D eigenvalue weighted by Gasteiger charge is -2.13. The Hall–Kier alpha value is -1.10. The molecule has 0 fully saturated rings. The maximum Gasteiger partial charge on any atom is 0.303 e. The molecule has 24 heavy (non-hydrogen) atoms. The lowest BCUT2D eigenvalue weighted by Crippen LogP contribution is -2.09. The van der Waals surface area contributed by atoms with Gasteiger partial charge in [0.2, 0.25) is 5.91 Å². The number of aliphatic carboxylic acids is 1. The molecule has 0 aliphatic heterocycles. The van der Waals surface area contributed by atoms with Crippen LogP contribution in [-0.2, 0) is 9.59 Å². The number of carbonyl (C=O) groups excluding carboxylic acids is 1. The van der Waals surface area contributed by atoms with E-state index in [1.54, 1.807) is 0 Å². The number of amides is 1. The molecular formula is C19H37NO4. The molecule has 1 unspecified atom stereocenters. The van der Waals surface area contributed by atoms with Gasteiger partial charge in [0.1, 0.15) is 0 Å². The lowest BCUT2D eigenvalue weighted by atomic mass is 9.95. The fourth-order valence-corrected chi connectivity index (χ4v) is 3.01. The second-order valence-electron chi connectivity index (χ2n) is 6.88. The van der Waals surface area contributed by atoms with Crippen molar-refractivity contribution in [2.45, 2.75) is 96.3 Å². The summed E-state index contributed by atoms with van der Waals surface area (Å²) in [5.41, 5.74) is 5.10. The van der Waals surface area contributed by atoms with E-state index < -0.39 is 5.97 Å². The van der Waals surface area contributed by atoms with Gasteiger partial charge in [-0.05, 0) is 31.6 Å². The van der Waals surface area contributed by atoms with Crippen molar-refractivity contribution in [2.75, 3.05) is 6.61 Å². The Bertz CT molecular complexity index is 320. The van der Waals surface area contributed by atoms with Crippen LogP contribution in [0.25, 0.3) is 0 Å². The highest BCUT2D eigenvalue weighted by molar-refractivity contribution is 5.73. The summed E-state index contributed by atoms with van der Waals surface area (Å²) >= 11 is 0. The largest absolute Gasteiger partial charge is 0.481 e. The van der Waals surface area contributed by atoms with Crippen molar-refractivity contribution in [3.05, 3.63) is 0 Å². The van der Waals surface area contributed by atoms with Crippen LogP contribution in [0.3, 0.4) is 0 Å². The van der Waals surface area contributed by atoms with Gasteiger partial charge in [-0.3, -0.25) is 9.59 Å². The average Bonchev–Trinajstić information content (AvgIpc) is 2.53. The fraction of sp³-hybridized carbons (Fsp3) is 0.895. The molecular weight excluding hydrogens is 306 g/mol. The number of carbonyl (C=O) groups is 2. The number of hydrogen-bond donors (Lipinski definition) is 3. The summed E-state index contributed by atoms with van der Waals surface area (Å²) in [6.45, 7) is 0.278. The molecule has 0 aromatic heterocycles. The van der Waals surface area contributed by atoms with E-state index >= 15 is 0 Å². The molecule has 142 valence electrons. The number of primary amides is 1. The first-order valence-electron chi connectivity index (χ1n) is 9.67. The van der Waals surface area contributed by atoms with Crippen molar-refractivity contribution in [1.82, 2.24) is 0 Å². The van der Waals surface area contributed by atoms with Crippen LogP contribution in [0.2, 0.25) is 0 Å². The molecule has 5 heteroatoms. The maximum absolute atomic E-state index is 10.6. The van der Waals surface area contributed by atoms with E-state index in [4.69, 9.17) is 10.8 Å². The lowest BCUT2D eigenvalue weighted by molar-refractivity contribution is -0.137. The Balaban J connectivity index is 3.37. The van der Waals surface area contributed by atoms with Crippen LogP contribution in [0, 0.1) is 5.92 Å². The van der Waals surface area contributed by atoms with Gasteiger partial charge in [-0.2, -0.15) is 0 Å². The zero-order valence-corrected chi connectivity index (χ0v) is 15.2. The minimum atomic E-state index is -0.700. The van der Waals surface area contributed by atoms with Gasteiger partial charge in [-0.25, -0.2) is 0 Å². The van der Waals surface area contributed by atoms with Crippen LogP contribution < -0.4 is 5.73 Å². The second kappa shape index (κ2) is 16.7. The molecule has 0 aliphatic rings. The molecule has 4 N–H and O–H groups in total. The second-order valence-corrected chi connectivity index (χ2v) is 6.88. The van der Waals surface area contributed by atoms with Crippen molar-refractivity contribution >= 4 is 11.9 Å². The number of unbranched alkanes of at least 4 members (excludes halogenated alkanes) is 9. The normalized spacial score (nSPS) is 12.2. The Morgan fingerprint density at radius 1 is 0.708 bits per heavy atom. The summed E-state index contributed by atoms with van der Waals surface area (Å²) < 4.78 is 0. The first kappa shape index (κ1) is 22.9. The third-order valence-electron chi connectivity index (χ3n) is 4.55. The number of hydrogen-bond acceptors (Lipinski definition) is 3. The molecule has 0 radical (unpaired) electrons. The molecule has 0 saturated carbocycles. The van der Waals surface area contributed by atoms with Crippen LogP contribution >= 0.6 is 0 Å². The van der Waals surface area contributed by atoms with Crippen molar-refractivity contribution in [3.8, 4) is 0 Å². The summed E-state index contributed by atoms with van der Waals surface area (Å²) in [7, 11) is 0. The summed E-state index contributed by atoms with van der Waals surface area (Å²) in [5, 5.41) is 18.0. The monoisotopic (exact) mass is 343 g/mol. The standard InChI is InChI=1S/C19H37NO4/c20-18(22)14-10-6-3-5-9-13-17(16-21)12-8-4-1-2-7-11-15-19(23)24/h17,21H,1-16H2,(H2,20,22)(H,23,24). The minimum absolute atomic E-state index is 0.211. The van der Waals surface area contributed by atoms with Crippen LogP contribution in [0.15, 0.2) is 0 Å². The smallest absolute Gasteiger partial charge is 0.303 e. The van der Waals surface area contributed by atoms with Gasteiger partial charge < -0.3 is 15.9 Å². The van der Waals surface area contributed by atoms with E-state index in [-0.39, 0.29) is 18.9 Å². The molecule has 1 amide bonds. The Morgan fingerprint density at radius 3 is 1.54 bits per heavy atom. The van der Waals surface area contributed by atoms with Crippen molar-refractivity contribution in [3.63, 3.8) is 0 Å². The average molecular weight is 344 g/mol. The van der Waals surface area contributed by atoms with E-state index in [1.165, 1.54) is 12.8 Å². The number of nitrogens with two attached hydrogens (primary N) is 1. The molecule has 1 atom stereocenters. The number of carboxylic acid groups (broad SMARTS) is 1. The van der Waals surface area contributed by atoms with Gasteiger partial charge in [0.05, 0.1) is 0 Å². The van der Waals surface area contributed by atoms with Crippen LogP contribution in [0.4, 0.5) is 0 Å². The van der Waals surface area contributed by atoms with Gasteiger partial charge >= 0.3 is 5.97 Å². The first-order valence-corrected chi connectivity index (χ1v) is 9.67. The van der Waals surface area contributed by atoms with Crippen LogP contribution in [0.1, 0.15) is 96.3 Å². The van der Waals surface area contributed by atoms with Crippen LogP contribution in [0.5, 0.6) is 0 Å². The number of carboxylic acids is 1. The topological polar surface area (TPSA) is 101 Å². The molecule has 0 bridgehead atoms. The summed E-state index contributed by atoms with van der Waals surface area (Å²) in [6, 6.07) is 0. The maximum atomic E-state index is 10.6. The summed E-state index contributed by atoms with van der Waals surface area (Å²) in [4.78, 5) is 21.0. The van der Waals surface area contributed by atoms with E-state index in [2.05, 4.69) is 0 Å². The summed E-state index contributed by atoms with van der Waals surface area (Å²) in [5.74, 6) is -0.492. The van der Waals surface area contributed by atoms with E-state index in [0.29, 0.717) is 12.3 Å². The van der Waals surface area contributed by atoms with Gasteiger partial charge in [-0.15, -0.1) is 0 Å². The number of aliphatic hydroxyl groups excluding tert-OH is 1. The summed E-state index contributed by atoms with van der Waals surface area (Å²) in [6.07, 6.45) is 14.8. The molecule has 0 aromatic carbocycles. The minimum Gasteiger partial charge on any atom is -0.481 e. The van der Waals surface area contributed by atoms with Crippen molar-refractivity contribution in [2.24, 2.45) is 11.7 Å². The predicted molar refractivity (Wildman–Crippen MR) is 96.7 cm³/mol. The molecule has 5 nitrogen and oxygen atoms in total. The quantitative estimate of drug-likeness (QED) is 0.327. The van der Waals surface area contributed by atoms with Gasteiger partial charge in [0.25, 0.3) is 0 Å². The Kier molecular flexibility index (Phi) is 16.0. The van der Waals surface area contributed by atoms with E-state index in [0.717, 1.165) is 70.6 Å². The van der Waals surface area contributed by atoms with Crippen LogP contribution in [-0.4, -0.2) is 28.7 Å². The third kappa shape index (κ3) is 17.3. The van der Waals surface area contributed by atoms with Gasteiger partial charge in [-0.1, -0.05) is 57.8 Å². The van der Waals surface area contributed by atoms with Crippen molar-refractivity contribution < 1.29 is 19.8 Å². The zero-order chi connectivity index (χ0) is 18.0. The number of rotatable bonds is 18. The number of aliphatic hydroxyl groups is 1. The molecule has 0 rings (SSSR count). The molecule has 0 heterocycles. The van der Waals surface area contributed by atoms with E-state index in [9.17, 15) is 14.7 Å². The predicted octanol–water partition coefficient (Wildman–Crippen LogP) is 4.02. The molecule has 0 saturated heterocycles. The molecule has 0 aromatic rings. The zero-order valence-electron chi connectivity index (χ0n) is 15.2. The highest BCUT2D eigenvalue weighted by Gasteiger charge is 2.07. The van der Waals surface area contributed by atoms with Gasteiger partial charge in [0.15, 0.2) is 0 Å². The van der Waals surface area contributed by atoms with E-state index in [1.807, 2.05) is 0 Å². The van der Waals surface area contributed by atoms with Gasteiger partial charge in [0, 0.05) is 19.4 Å². The SMILES string of the molecule is NC(=O)CCCCCCCC(CO)CCCCCCCCC(=O)O. The molecule has 0 aliphatic carbocycles. The highest BCUT2D eigenvalue weighted by Crippen LogP contribution is 2.18. The first-order chi connectivity index (χ1) is 11.6. The fourth-order valence-electron chi connectivity index (χ4n) is 3.01. The Morgan fingerprint density at radius 2 is 1.12 bits per heavy atom. The van der Waals surface area contributed by atoms with Crippen molar-refractivity contribution in [1.29, 1.82) is 0 Å². The third-order valence-corrected chi connectivity index (χ3v) is 4.55. The Labute approximate surface area is 147 Å². The highest BCUT2D eigenvalue weighted by atomic mass is 16.4.